The quantitative estimate of drug-likeness (QED) is 0.289. The standard InChI is InChI=1S/C18H26O3/c1-4-6-7-11-14-21-18(19)17(20-3)16(5-2)15-12-9-8-10-13-15/h8-10,12-13H,4-7,11,14H2,1-3H3. The molecule has 0 fully saturated rings. The van der Waals surface area contributed by atoms with Gasteiger partial charge in [0.2, 0.25) is 5.76 Å². The third kappa shape index (κ3) is 5.62. The normalized spacial score (nSPS) is 11.8. The van der Waals surface area contributed by atoms with E-state index in [9.17, 15) is 4.79 Å². The van der Waals surface area contributed by atoms with Gasteiger partial charge in [-0.3, -0.25) is 0 Å². The fraction of sp³-hybridized carbons (Fsp3) is 0.500. The second-order valence-corrected chi connectivity index (χ2v) is 4.93. The number of hydrogen-bond acceptors (Lipinski definition) is 3. The van der Waals surface area contributed by atoms with Crippen molar-refractivity contribution in [3.05, 3.63) is 41.7 Å². The van der Waals surface area contributed by atoms with E-state index >= 15 is 0 Å². The molecule has 3 nitrogen and oxygen atoms in total. The third-order valence-electron chi connectivity index (χ3n) is 3.37. The van der Waals surface area contributed by atoms with E-state index in [1.807, 2.05) is 37.3 Å². The van der Waals surface area contributed by atoms with Gasteiger partial charge in [-0.25, -0.2) is 4.79 Å². The summed E-state index contributed by atoms with van der Waals surface area (Å²) < 4.78 is 10.6. The van der Waals surface area contributed by atoms with E-state index in [4.69, 9.17) is 9.47 Å². The first-order valence-electron chi connectivity index (χ1n) is 7.74. The highest BCUT2D eigenvalue weighted by atomic mass is 16.6. The smallest absolute Gasteiger partial charge is 0.373 e. The van der Waals surface area contributed by atoms with Gasteiger partial charge in [-0.2, -0.15) is 0 Å². The Labute approximate surface area is 128 Å². The maximum absolute atomic E-state index is 12.2. The molecule has 3 heteroatoms. The molecule has 0 unspecified atom stereocenters. The number of carbonyl (C=O) groups is 1. The summed E-state index contributed by atoms with van der Waals surface area (Å²) in [6, 6.07) is 9.82. The van der Waals surface area contributed by atoms with Crippen molar-refractivity contribution in [2.24, 2.45) is 0 Å². The predicted octanol–water partition coefficient (Wildman–Crippen LogP) is 4.58. The average Bonchev–Trinajstić information content (AvgIpc) is 2.52. The monoisotopic (exact) mass is 290 g/mol. The third-order valence-corrected chi connectivity index (χ3v) is 3.37. The number of esters is 1. The Morgan fingerprint density at radius 3 is 2.33 bits per heavy atom. The lowest BCUT2D eigenvalue weighted by Crippen LogP contribution is -2.12. The van der Waals surface area contributed by atoms with Gasteiger partial charge < -0.3 is 9.47 Å². The lowest BCUT2D eigenvalue weighted by atomic mass is 10.0. The van der Waals surface area contributed by atoms with Crippen LogP contribution in [0, 0.1) is 0 Å². The van der Waals surface area contributed by atoms with Crippen molar-refractivity contribution in [1.82, 2.24) is 0 Å². The first kappa shape index (κ1) is 17.3. The number of benzene rings is 1. The zero-order valence-electron chi connectivity index (χ0n) is 13.4. The van der Waals surface area contributed by atoms with Gasteiger partial charge in [-0.15, -0.1) is 0 Å². The van der Waals surface area contributed by atoms with Gasteiger partial charge in [-0.05, 0) is 18.4 Å². The van der Waals surface area contributed by atoms with Crippen molar-refractivity contribution < 1.29 is 14.3 Å². The van der Waals surface area contributed by atoms with E-state index < -0.39 is 0 Å². The first-order valence-corrected chi connectivity index (χ1v) is 7.74. The minimum atomic E-state index is -0.366. The molecule has 21 heavy (non-hydrogen) atoms. The van der Waals surface area contributed by atoms with Crippen molar-refractivity contribution in [3.63, 3.8) is 0 Å². The first-order chi connectivity index (χ1) is 10.2. The zero-order chi connectivity index (χ0) is 15.5. The van der Waals surface area contributed by atoms with Crippen LogP contribution in [0.15, 0.2) is 36.1 Å². The molecule has 1 rings (SSSR count). The summed E-state index contributed by atoms with van der Waals surface area (Å²) in [5.74, 6) is -0.0473. The summed E-state index contributed by atoms with van der Waals surface area (Å²) in [6.45, 7) is 4.62. The van der Waals surface area contributed by atoms with E-state index in [2.05, 4.69) is 6.92 Å². The summed E-state index contributed by atoms with van der Waals surface area (Å²) in [4.78, 5) is 12.2. The molecular weight excluding hydrogens is 264 g/mol. The summed E-state index contributed by atoms with van der Waals surface area (Å²) in [7, 11) is 1.52. The van der Waals surface area contributed by atoms with Crippen molar-refractivity contribution in [2.45, 2.75) is 46.0 Å². The fourth-order valence-corrected chi connectivity index (χ4v) is 2.22. The Bertz CT molecular complexity index is 449. The van der Waals surface area contributed by atoms with Crippen LogP contribution in [0.1, 0.15) is 51.5 Å². The van der Waals surface area contributed by atoms with Gasteiger partial charge in [0.25, 0.3) is 0 Å². The molecule has 0 saturated carbocycles. The van der Waals surface area contributed by atoms with Crippen molar-refractivity contribution in [1.29, 1.82) is 0 Å². The van der Waals surface area contributed by atoms with Crippen LogP contribution >= 0.6 is 0 Å². The number of rotatable bonds is 9. The molecule has 0 bridgehead atoms. The van der Waals surface area contributed by atoms with E-state index in [0.717, 1.165) is 30.4 Å². The molecule has 0 aliphatic rings. The lowest BCUT2D eigenvalue weighted by Gasteiger charge is -2.13. The number of hydrogen-bond donors (Lipinski definition) is 0. The fourth-order valence-electron chi connectivity index (χ4n) is 2.22. The van der Waals surface area contributed by atoms with Gasteiger partial charge in [-0.1, -0.05) is 63.4 Å². The molecular formula is C18H26O3. The summed E-state index contributed by atoms with van der Waals surface area (Å²) in [6.07, 6.45) is 5.07. The molecule has 0 N–H and O–H groups in total. The molecule has 0 heterocycles. The lowest BCUT2D eigenvalue weighted by molar-refractivity contribution is -0.142. The highest BCUT2D eigenvalue weighted by Crippen LogP contribution is 2.23. The van der Waals surface area contributed by atoms with Crippen molar-refractivity contribution in [2.75, 3.05) is 13.7 Å². The second-order valence-electron chi connectivity index (χ2n) is 4.93. The van der Waals surface area contributed by atoms with E-state index in [1.54, 1.807) is 0 Å². The van der Waals surface area contributed by atoms with Gasteiger partial charge in [0.1, 0.15) is 0 Å². The van der Waals surface area contributed by atoms with Gasteiger partial charge in [0.15, 0.2) is 0 Å². The molecule has 0 amide bonds. The molecule has 0 radical (unpaired) electrons. The number of ether oxygens (including phenoxy) is 2. The largest absolute Gasteiger partial charge is 0.490 e. The number of carbonyl (C=O) groups excluding carboxylic acids is 1. The van der Waals surface area contributed by atoms with Crippen LogP contribution in [0.25, 0.3) is 5.57 Å². The Kier molecular flexibility index (Phi) is 8.25. The average molecular weight is 290 g/mol. The summed E-state index contributed by atoms with van der Waals surface area (Å²) in [5.41, 5.74) is 1.89. The molecule has 0 aromatic heterocycles. The highest BCUT2D eigenvalue weighted by molar-refractivity contribution is 5.95. The van der Waals surface area contributed by atoms with Crippen LogP contribution in [0.5, 0.6) is 0 Å². The molecule has 0 saturated heterocycles. The highest BCUT2D eigenvalue weighted by Gasteiger charge is 2.17. The molecule has 0 aliphatic heterocycles. The minimum Gasteiger partial charge on any atom is -0.490 e. The van der Waals surface area contributed by atoms with Crippen LogP contribution in [0.3, 0.4) is 0 Å². The van der Waals surface area contributed by atoms with Crippen molar-refractivity contribution in [3.8, 4) is 0 Å². The topological polar surface area (TPSA) is 35.5 Å². The molecule has 1 aromatic carbocycles. The number of methoxy groups -OCH3 is 1. The number of allylic oxidation sites excluding steroid dienone is 1. The molecule has 0 spiro atoms. The zero-order valence-corrected chi connectivity index (χ0v) is 13.4. The van der Waals surface area contributed by atoms with E-state index in [0.29, 0.717) is 12.4 Å². The predicted molar refractivity (Wildman–Crippen MR) is 85.8 cm³/mol. The summed E-state index contributed by atoms with van der Waals surface area (Å²) in [5, 5.41) is 0. The Hall–Kier alpha value is -1.77. The Morgan fingerprint density at radius 2 is 1.76 bits per heavy atom. The maximum atomic E-state index is 12.2. The second kappa shape index (κ2) is 10.0. The van der Waals surface area contributed by atoms with Crippen LogP contribution in [0.4, 0.5) is 0 Å². The molecule has 1 aromatic rings. The van der Waals surface area contributed by atoms with Crippen LogP contribution in [-0.4, -0.2) is 19.7 Å². The van der Waals surface area contributed by atoms with E-state index in [-0.39, 0.29) is 5.97 Å². The van der Waals surface area contributed by atoms with Gasteiger partial charge in [0, 0.05) is 5.57 Å². The number of unbranched alkanes of at least 4 members (excludes halogenated alkanes) is 3. The van der Waals surface area contributed by atoms with Crippen LogP contribution in [-0.2, 0) is 14.3 Å². The van der Waals surface area contributed by atoms with Crippen LogP contribution < -0.4 is 0 Å². The minimum absolute atomic E-state index is 0.319. The van der Waals surface area contributed by atoms with Crippen LogP contribution in [0.2, 0.25) is 0 Å². The molecule has 0 atom stereocenters. The van der Waals surface area contributed by atoms with Gasteiger partial charge in [0.05, 0.1) is 13.7 Å². The van der Waals surface area contributed by atoms with E-state index in [1.165, 1.54) is 20.0 Å². The SMILES string of the molecule is CCCCCCOC(=O)C(OC)=C(CC)c1ccccc1. The van der Waals surface area contributed by atoms with Crippen molar-refractivity contribution >= 4 is 11.5 Å². The Morgan fingerprint density at radius 1 is 1.05 bits per heavy atom. The molecule has 116 valence electrons. The maximum Gasteiger partial charge on any atom is 0.373 e. The molecule has 0 aliphatic carbocycles. The van der Waals surface area contributed by atoms with Gasteiger partial charge >= 0.3 is 5.97 Å². The summed E-state index contributed by atoms with van der Waals surface area (Å²) >= 11 is 0. The Balaban J connectivity index is 2.74.